The Hall–Kier alpha value is -5.12. The van der Waals surface area contributed by atoms with Gasteiger partial charge in [0.15, 0.2) is 5.82 Å². The van der Waals surface area contributed by atoms with Crippen LogP contribution in [0.3, 0.4) is 0 Å². The van der Waals surface area contributed by atoms with Crippen LogP contribution in [0, 0.1) is 0 Å². The van der Waals surface area contributed by atoms with E-state index in [1.165, 1.54) is 7.11 Å². The van der Waals surface area contributed by atoms with E-state index in [1.54, 1.807) is 0 Å². The Morgan fingerprint density at radius 2 is 1.69 bits per heavy atom. The predicted molar refractivity (Wildman–Crippen MR) is 158 cm³/mol. The van der Waals surface area contributed by atoms with Crippen LogP contribution in [-0.4, -0.2) is 55.4 Å². The van der Waals surface area contributed by atoms with E-state index < -0.39 is 6.04 Å². The fourth-order valence-corrected chi connectivity index (χ4v) is 4.95. The monoisotopic (exact) mass is 563 g/mol. The zero-order chi connectivity index (χ0) is 29.3. The number of amides is 1. The molecular formula is C32H33N7O3. The van der Waals surface area contributed by atoms with Crippen molar-refractivity contribution in [3.63, 3.8) is 0 Å². The number of aryl methyl sites for hydroxylation is 1. The highest BCUT2D eigenvalue weighted by Crippen LogP contribution is 2.30. The van der Waals surface area contributed by atoms with Gasteiger partial charge in [0, 0.05) is 17.3 Å². The lowest BCUT2D eigenvalue weighted by Crippen LogP contribution is -2.38. The van der Waals surface area contributed by atoms with Gasteiger partial charge in [-0.3, -0.25) is 14.3 Å². The van der Waals surface area contributed by atoms with E-state index in [0.717, 1.165) is 46.4 Å². The minimum atomic E-state index is -0.421. The zero-order valence-electron chi connectivity index (χ0n) is 23.7. The summed E-state index contributed by atoms with van der Waals surface area (Å²) in [6.07, 6.45) is 2.28. The SMILES string of the molecule is CCCc1cc(C(=O)N[C@@H](CC(=O)OC)Cc2ccccc2)nn1Cc1ccc(-c2ccccc2-c2nnn[nH]2)cc1. The van der Waals surface area contributed by atoms with Crippen LogP contribution < -0.4 is 5.32 Å². The topological polar surface area (TPSA) is 128 Å². The molecule has 5 aromatic rings. The number of nitrogens with one attached hydrogen (secondary N) is 2. The third kappa shape index (κ3) is 6.95. The van der Waals surface area contributed by atoms with Gasteiger partial charge in [0.1, 0.15) is 5.69 Å². The number of aromatic amines is 1. The number of carbonyl (C=O) groups excluding carboxylic acids is 2. The van der Waals surface area contributed by atoms with E-state index in [1.807, 2.05) is 65.3 Å². The number of H-pyrrole nitrogens is 1. The molecule has 0 unspecified atom stereocenters. The van der Waals surface area contributed by atoms with Gasteiger partial charge in [-0.1, -0.05) is 92.2 Å². The molecule has 0 fully saturated rings. The van der Waals surface area contributed by atoms with Gasteiger partial charge in [-0.2, -0.15) is 5.10 Å². The molecule has 10 heteroatoms. The summed E-state index contributed by atoms with van der Waals surface area (Å²) < 4.78 is 6.75. The fourth-order valence-electron chi connectivity index (χ4n) is 4.95. The summed E-state index contributed by atoms with van der Waals surface area (Å²) in [7, 11) is 1.35. The average molecular weight is 564 g/mol. The van der Waals surface area contributed by atoms with E-state index >= 15 is 0 Å². The lowest BCUT2D eigenvalue weighted by atomic mass is 9.98. The molecule has 0 saturated heterocycles. The molecule has 2 N–H and O–H groups in total. The molecular weight excluding hydrogens is 530 g/mol. The minimum absolute atomic E-state index is 0.0715. The number of benzene rings is 3. The molecule has 5 rings (SSSR count). The molecule has 0 aliphatic rings. The van der Waals surface area contributed by atoms with Crippen molar-refractivity contribution in [1.82, 2.24) is 35.7 Å². The number of hydrogen-bond acceptors (Lipinski definition) is 7. The summed E-state index contributed by atoms with van der Waals surface area (Å²) in [6, 6.07) is 27.4. The molecule has 214 valence electrons. The molecule has 42 heavy (non-hydrogen) atoms. The number of aromatic nitrogens is 6. The van der Waals surface area contributed by atoms with Crippen molar-refractivity contribution in [3.05, 3.63) is 107 Å². The Bertz CT molecular complexity index is 1610. The Labute approximate surface area is 244 Å². The van der Waals surface area contributed by atoms with Crippen LogP contribution >= 0.6 is 0 Å². The van der Waals surface area contributed by atoms with Crippen molar-refractivity contribution in [3.8, 4) is 22.5 Å². The average Bonchev–Trinajstić information content (AvgIpc) is 3.69. The van der Waals surface area contributed by atoms with Crippen molar-refractivity contribution in [2.75, 3.05) is 7.11 Å². The quantitative estimate of drug-likeness (QED) is 0.212. The first-order chi connectivity index (χ1) is 20.5. The van der Waals surface area contributed by atoms with Crippen molar-refractivity contribution < 1.29 is 14.3 Å². The summed E-state index contributed by atoms with van der Waals surface area (Å²) in [4.78, 5) is 25.4. The van der Waals surface area contributed by atoms with E-state index in [2.05, 4.69) is 62.2 Å². The molecule has 0 spiro atoms. The number of rotatable bonds is 12. The van der Waals surface area contributed by atoms with Crippen LogP contribution in [0.5, 0.6) is 0 Å². The van der Waals surface area contributed by atoms with Crippen molar-refractivity contribution in [2.45, 2.75) is 45.2 Å². The van der Waals surface area contributed by atoms with Gasteiger partial charge >= 0.3 is 5.97 Å². The third-order valence-corrected chi connectivity index (χ3v) is 7.03. The standard InChI is InChI=1S/C32H33N7O3/c1-3-9-26-20-29(32(41)33-25(19-30(40)42-2)18-22-10-5-4-6-11-22)36-39(26)21-23-14-16-24(17-15-23)27-12-7-8-13-28(27)31-34-37-38-35-31/h4-8,10-17,20,25H,3,9,18-19,21H2,1-2H3,(H,33,41)(H,34,35,37,38)/t25-/m1/s1. The van der Waals surface area contributed by atoms with Crippen molar-refractivity contribution >= 4 is 11.9 Å². The maximum atomic E-state index is 13.3. The van der Waals surface area contributed by atoms with Gasteiger partial charge in [0.05, 0.1) is 20.1 Å². The number of hydrogen-bond donors (Lipinski definition) is 2. The van der Waals surface area contributed by atoms with Crippen LogP contribution in [0.4, 0.5) is 0 Å². The Balaban J connectivity index is 1.33. The summed E-state index contributed by atoms with van der Waals surface area (Å²) in [5, 5.41) is 22.0. The molecule has 10 nitrogen and oxygen atoms in total. The summed E-state index contributed by atoms with van der Waals surface area (Å²) in [6.45, 7) is 2.62. The van der Waals surface area contributed by atoms with Gasteiger partial charge in [-0.05, 0) is 51.6 Å². The largest absolute Gasteiger partial charge is 0.469 e. The number of carbonyl (C=O) groups is 2. The first-order valence-corrected chi connectivity index (χ1v) is 13.9. The molecule has 0 bridgehead atoms. The lowest BCUT2D eigenvalue weighted by Gasteiger charge is -2.17. The van der Waals surface area contributed by atoms with Gasteiger partial charge in [0.2, 0.25) is 0 Å². The molecule has 0 saturated carbocycles. The highest BCUT2D eigenvalue weighted by Gasteiger charge is 2.21. The maximum absolute atomic E-state index is 13.3. The maximum Gasteiger partial charge on any atom is 0.307 e. The number of tetrazole rings is 1. The van der Waals surface area contributed by atoms with Gasteiger partial charge in [-0.25, -0.2) is 5.10 Å². The van der Waals surface area contributed by atoms with E-state index in [0.29, 0.717) is 24.5 Å². The molecule has 1 atom stereocenters. The van der Waals surface area contributed by atoms with Crippen LogP contribution in [-0.2, 0) is 28.9 Å². The van der Waals surface area contributed by atoms with E-state index in [-0.39, 0.29) is 18.3 Å². The van der Waals surface area contributed by atoms with Crippen molar-refractivity contribution in [1.29, 1.82) is 0 Å². The Kier molecular flexibility index (Phi) is 9.13. The molecule has 1 amide bonds. The molecule has 2 heterocycles. The van der Waals surface area contributed by atoms with Crippen LogP contribution in [0.1, 0.15) is 47.1 Å². The number of ether oxygens (including phenoxy) is 1. The third-order valence-electron chi connectivity index (χ3n) is 7.03. The minimum Gasteiger partial charge on any atom is -0.469 e. The number of methoxy groups -OCH3 is 1. The second-order valence-electron chi connectivity index (χ2n) is 10.1. The summed E-state index contributed by atoms with van der Waals surface area (Å²) in [5.41, 5.74) is 6.35. The highest BCUT2D eigenvalue weighted by molar-refractivity contribution is 5.93. The normalized spacial score (nSPS) is 11.7. The fraction of sp³-hybridized carbons (Fsp3) is 0.250. The molecule has 3 aromatic carbocycles. The van der Waals surface area contributed by atoms with Gasteiger partial charge in [-0.15, -0.1) is 5.10 Å². The zero-order valence-corrected chi connectivity index (χ0v) is 23.7. The molecule has 0 aliphatic heterocycles. The first kappa shape index (κ1) is 28.4. The van der Waals surface area contributed by atoms with Crippen LogP contribution in [0.25, 0.3) is 22.5 Å². The predicted octanol–water partition coefficient (Wildman–Crippen LogP) is 4.64. The number of nitrogens with zero attached hydrogens (tertiary/aromatic N) is 5. The second-order valence-corrected chi connectivity index (χ2v) is 10.1. The van der Waals surface area contributed by atoms with E-state index in [9.17, 15) is 9.59 Å². The lowest BCUT2D eigenvalue weighted by molar-refractivity contribution is -0.141. The summed E-state index contributed by atoms with van der Waals surface area (Å²) >= 11 is 0. The molecule has 0 radical (unpaired) electrons. The number of esters is 1. The van der Waals surface area contributed by atoms with Crippen LogP contribution in [0.15, 0.2) is 84.9 Å². The first-order valence-electron chi connectivity index (χ1n) is 13.9. The highest BCUT2D eigenvalue weighted by atomic mass is 16.5. The molecule has 0 aliphatic carbocycles. The van der Waals surface area contributed by atoms with Crippen molar-refractivity contribution in [2.24, 2.45) is 0 Å². The Morgan fingerprint density at radius 3 is 2.38 bits per heavy atom. The van der Waals surface area contributed by atoms with Crippen LogP contribution in [0.2, 0.25) is 0 Å². The van der Waals surface area contributed by atoms with Gasteiger partial charge in [0.25, 0.3) is 5.91 Å². The van der Waals surface area contributed by atoms with Gasteiger partial charge < -0.3 is 10.1 Å². The van der Waals surface area contributed by atoms with E-state index in [4.69, 9.17) is 4.74 Å². The summed E-state index contributed by atoms with van der Waals surface area (Å²) in [5.74, 6) is -0.0828. The smallest absolute Gasteiger partial charge is 0.307 e. The Morgan fingerprint density at radius 1 is 0.952 bits per heavy atom. The second kappa shape index (κ2) is 13.5. The molecule has 2 aromatic heterocycles.